The van der Waals surface area contributed by atoms with Crippen LogP contribution in [0.25, 0.3) is 22.2 Å². The van der Waals surface area contributed by atoms with Crippen molar-refractivity contribution in [1.82, 2.24) is 15.2 Å². The van der Waals surface area contributed by atoms with Crippen molar-refractivity contribution in [2.75, 3.05) is 0 Å². The number of halogens is 4. The molecule has 1 aromatic carbocycles. The van der Waals surface area contributed by atoms with Gasteiger partial charge in [-0.15, -0.1) is 5.10 Å². The van der Waals surface area contributed by atoms with Crippen LogP contribution in [0.2, 0.25) is 0 Å². The molecule has 0 saturated carbocycles. The molecule has 21 heavy (non-hydrogen) atoms. The van der Waals surface area contributed by atoms with E-state index in [1.807, 2.05) is 0 Å². The van der Waals surface area contributed by atoms with E-state index in [1.165, 1.54) is 18.3 Å². The molecule has 0 amide bonds. The first-order valence-electron chi connectivity index (χ1n) is 5.79. The van der Waals surface area contributed by atoms with Gasteiger partial charge in [-0.1, -0.05) is 6.07 Å². The topological polar surface area (TPSA) is 50.8 Å². The molecule has 3 aromatic rings. The second-order valence-corrected chi connectivity index (χ2v) is 4.16. The molecular weight excluding hydrogens is 290 g/mol. The lowest BCUT2D eigenvalue weighted by molar-refractivity contribution is -0.0521. The predicted molar refractivity (Wildman–Crippen MR) is 65.9 cm³/mol. The minimum Gasteiger partial charge on any atom is -0.432 e. The molecule has 0 fully saturated rings. The Labute approximate surface area is 115 Å². The summed E-state index contributed by atoms with van der Waals surface area (Å²) in [6.07, 6.45) is 1.33. The third-order valence-corrected chi connectivity index (χ3v) is 2.84. The van der Waals surface area contributed by atoms with Gasteiger partial charge in [-0.2, -0.15) is 13.2 Å². The zero-order chi connectivity index (χ0) is 15.0. The largest absolute Gasteiger partial charge is 0.432 e. The molecule has 8 heteroatoms. The number of nitrogens with one attached hydrogen (secondary N) is 1. The summed E-state index contributed by atoms with van der Waals surface area (Å²) in [6.45, 7) is -3.13. The molecule has 0 radical (unpaired) electrons. The Morgan fingerprint density at radius 1 is 1.10 bits per heavy atom. The average molecular weight is 297 g/mol. The van der Waals surface area contributed by atoms with Crippen LogP contribution in [0.4, 0.5) is 17.6 Å². The maximum absolute atomic E-state index is 13.4. The quantitative estimate of drug-likeness (QED) is 0.753. The van der Waals surface area contributed by atoms with Crippen molar-refractivity contribution in [3.05, 3.63) is 42.2 Å². The molecule has 2 heterocycles. The summed E-state index contributed by atoms with van der Waals surface area (Å²) < 4.78 is 55.0. The van der Waals surface area contributed by atoms with Gasteiger partial charge in [-0.3, -0.25) is 5.10 Å². The molecule has 0 aliphatic carbocycles. The smallest absolute Gasteiger partial charge is 0.387 e. The molecule has 0 saturated heterocycles. The molecule has 4 nitrogen and oxygen atoms in total. The summed E-state index contributed by atoms with van der Waals surface area (Å²) in [5.41, 5.74) is 1.28. The van der Waals surface area contributed by atoms with Crippen LogP contribution in [-0.2, 0) is 0 Å². The van der Waals surface area contributed by atoms with Gasteiger partial charge >= 0.3 is 6.61 Å². The molecule has 108 valence electrons. The van der Waals surface area contributed by atoms with Crippen LogP contribution in [0.15, 0.2) is 30.5 Å². The van der Waals surface area contributed by atoms with Crippen molar-refractivity contribution >= 4 is 11.0 Å². The SMILES string of the molecule is Fc1ccc(-c2cnc3c(F)n[nH]c3c2)cc1OC(F)F. The Morgan fingerprint density at radius 2 is 1.90 bits per heavy atom. The lowest BCUT2D eigenvalue weighted by atomic mass is 10.1. The minimum atomic E-state index is -3.13. The number of aromatic amines is 1. The highest BCUT2D eigenvalue weighted by atomic mass is 19.3. The van der Waals surface area contributed by atoms with Crippen LogP contribution in [0.1, 0.15) is 0 Å². The average Bonchev–Trinajstić information content (AvgIpc) is 2.82. The fraction of sp³-hybridized carbons (Fsp3) is 0.0769. The predicted octanol–water partition coefficient (Wildman–Crippen LogP) is 3.50. The monoisotopic (exact) mass is 297 g/mol. The zero-order valence-corrected chi connectivity index (χ0v) is 10.3. The molecule has 1 N–H and O–H groups in total. The second-order valence-electron chi connectivity index (χ2n) is 4.16. The number of rotatable bonds is 3. The van der Waals surface area contributed by atoms with Crippen molar-refractivity contribution in [2.45, 2.75) is 6.61 Å². The first-order chi connectivity index (χ1) is 10.0. The third kappa shape index (κ3) is 2.51. The third-order valence-electron chi connectivity index (χ3n) is 2.84. The number of pyridine rings is 1. The van der Waals surface area contributed by atoms with E-state index < -0.39 is 24.1 Å². The number of fused-ring (bicyclic) bond motifs is 1. The van der Waals surface area contributed by atoms with Crippen LogP contribution >= 0.6 is 0 Å². The van der Waals surface area contributed by atoms with E-state index in [0.29, 0.717) is 16.6 Å². The molecule has 0 atom stereocenters. The van der Waals surface area contributed by atoms with Gasteiger partial charge in [0.15, 0.2) is 11.6 Å². The zero-order valence-electron chi connectivity index (χ0n) is 10.3. The molecule has 0 aliphatic rings. The molecule has 0 spiro atoms. The number of alkyl halides is 2. The van der Waals surface area contributed by atoms with Gasteiger partial charge in [0.2, 0.25) is 0 Å². The lowest BCUT2D eigenvalue weighted by Gasteiger charge is -2.08. The number of ether oxygens (including phenoxy) is 1. The number of nitrogens with zero attached hydrogens (tertiary/aromatic N) is 2. The van der Waals surface area contributed by atoms with E-state index in [1.54, 1.807) is 0 Å². The molecule has 0 unspecified atom stereocenters. The number of hydrogen-bond acceptors (Lipinski definition) is 3. The number of aromatic nitrogens is 3. The fourth-order valence-corrected chi connectivity index (χ4v) is 1.90. The van der Waals surface area contributed by atoms with E-state index in [4.69, 9.17) is 0 Å². The highest BCUT2D eigenvalue weighted by molar-refractivity contribution is 5.80. The standard InChI is InChI=1S/C13H7F4N3O/c14-8-2-1-6(4-10(8)21-13(16)17)7-3-9-11(18-5-7)12(15)20-19-9/h1-5,13H,(H,19,20). The normalized spacial score (nSPS) is 11.3. The molecule has 2 aromatic heterocycles. The minimum absolute atomic E-state index is 0.0601. The van der Waals surface area contributed by atoms with Gasteiger partial charge in [0.25, 0.3) is 5.95 Å². The Balaban J connectivity index is 2.05. The Morgan fingerprint density at radius 3 is 2.67 bits per heavy atom. The van der Waals surface area contributed by atoms with Crippen molar-refractivity contribution < 1.29 is 22.3 Å². The summed E-state index contributed by atoms with van der Waals surface area (Å²) >= 11 is 0. The van der Waals surface area contributed by atoms with Crippen molar-refractivity contribution in [1.29, 1.82) is 0 Å². The lowest BCUT2D eigenvalue weighted by Crippen LogP contribution is -2.03. The number of H-pyrrole nitrogens is 1. The van der Waals surface area contributed by atoms with E-state index in [2.05, 4.69) is 19.9 Å². The second kappa shape index (κ2) is 5.04. The van der Waals surface area contributed by atoms with Gasteiger partial charge in [0, 0.05) is 11.8 Å². The maximum atomic E-state index is 13.4. The number of hydrogen-bond donors (Lipinski definition) is 1. The van der Waals surface area contributed by atoms with Crippen LogP contribution in [0, 0.1) is 11.8 Å². The van der Waals surface area contributed by atoms with Crippen LogP contribution in [-0.4, -0.2) is 21.8 Å². The Hall–Kier alpha value is -2.64. The van der Waals surface area contributed by atoms with Gasteiger partial charge in [-0.25, -0.2) is 9.37 Å². The van der Waals surface area contributed by atoms with Crippen molar-refractivity contribution in [2.24, 2.45) is 0 Å². The molecular formula is C13H7F4N3O. The van der Waals surface area contributed by atoms with E-state index >= 15 is 0 Å². The molecule has 0 aliphatic heterocycles. The first-order valence-corrected chi connectivity index (χ1v) is 5.79. The molecule has 3 rings (SSSR count). The van der Waals surface area contributed by atoms with Crippen LogP contribution in [0.3, 0.4) is 0 Å². The van der Waals surface area contributed by atoms with Crippen molar-refractivity contribution in [3.8, 4) is 16.9 Å². The highest BCUT2D eigenvalue weighted by Crippen LogP contribution is 2.28. The summed E-state index contributed by atoms with van der Waals surface area (Å²) in [5, 5.41) is 5.81. The summed E-state index contributed by atoms with van der Waals surface area (Å²) in [6, 6.07) is 5.03. The van der Waals surface area contributed by atoms with E-state index in [0.717, 1.165) is 12.1 Å². The highest BCUT2D eigenvalue weighted by Gasteiger charge is 2.13. The van der Waals surface area contributed by atoms with Gasteiger partial charge < -0.3 is 4.74 Å². The van der Waals surface area contributed by atoms with E-state index in [-0.39, 0.29) is 5.52 Å². The first kappa shape index (κ1) is 13.3. The van der Waals surface area contributed by atoms with Gasteiger partial charge in [-0.05, 0) is 23.8 Å². The maximum Gasteiger partial charge on any atom is 0.387 e. The summed E-state index contributed by atoms with van der Waals surface area (Å²) in [4.78, 5) is 3.88. The van der Waals surface area contributed by atoms with Gasteiger partial charge in [0.05, 0.1) is 5.52 Å². The van der Waals surface area contributed by atoms with E-state index in [9.17, 15) is 17.6 Å². The fourth-order valence-electron chi connectivity index (χ4n) is 1.90. The summed E-state index contributed by atoms with van der Waals surface area (Å²) in [5.74, 6) is -2.21. The van der Waals surface area contributed by atoms with Crippen LogP contribution in [0.5, 0.6) is 5.75 Å². The molecule has 0 bridgehead atoms. The summed E-state index contributed by atoms with van der Waals surface area (Å²) in [7, 11) is 0. The Bertz CT molecular complexity index is 803. The number of benzene rings is 1. The Kier molecular flexibility index (Phi) is 3.20. The van der Waals surface area contributed by atoms with Gasteiger partial charge in [0.1, 0.15) is 5.52 Å². The van der Waals surface area contributed by atoms with Crippen LogP contribution < -0.4 is 4.74 Å². The van der Waals surface area contributed by atoms with Crippen molar-refractivity contribution in [3.63, 3.8) is 0 Å².